The number of nitrogens with two attached hydrogens (primary N) is 2. The molecule has 3 aliphatic carbocycles. The van der Waals surface area contributed by atoms with E-state index in [1.165, 1.54) is 11.0 Å². The Morgan fingerprint density at radius 1 is 1.05 bits per heavy atom. The third kappa shape index (κ3) is 3.29. The zero-order valence-corrected chi connectivity index (χ0v) is 20.2. The number of likely N-dealkylation sites (N-methyl/N-ethyl adjacent to an activating group) is 1. The van der Waals surface area contributed by atoms with Crippen molar-refractivity contribution in [3.63, 3.8) is 0 Å². The number of allylic oxidation sites excluding steroid dienone is 1. The van der Waals surface area contributed by atoms with Gasteiger partial charge in [0.15, 0.2) is 11.4 Å². The number of nitrogens with zero attached hydrogens (tertiary/aromatic N) is 1. The van der Waals surface area contributed by atoms with Gasteiger partial charge in [0.25, 0.3) is 5.91 Å². The number of ketones is 2. The van der Waals surface area contributed by atoms with Gasteiger partial charge in [-0.2, -0.15) is 0 Å². The summed E-state index contributed by atoms with van der Waals surface area (Å²) in [7, 11) is 3.18. The summed E-state index contributed by atoms with van der Waals surface area (Å²) in [5, 5.41) is 44.5. The maximum atomic E-state index is 13.8. The van der Waals surface area contributed by atoms with E-state index in [0.29, 0.717) is 16.8 Å². The molecular weight excluding hydrogens is 478 g/mol. The smallest absolute Gasteiger partial charge is 0.255 e. The largest absolute Gasteiger partial charge is 0.510 e. The normalized spacial score (nSPS) is 27.2. The molecule has 10 nitrogen and oxygen atoms in total. The highest BCUT2D eigenvalue weighted by Gasteiger charge is 2.63. The van der Waals surface area contributed by atoms with Crippen LogP contribution in [0.2, 0.25) is 0 Å². The Morgan fingerprint density at radius 2 is 1.70 bits per heavy atom. The van der Waals surface area contributed by atoms with E-state index in [9.17, 15) is 34.8 Å². The number of fused-ring (bicyclic) bond motifs is 3. The molecule has 5 rings (SSSR count). The first kappa shape index (κ1) is 24.5. The number of anilines is 1. The fourth-order valence-corrected chi connectivity index (χ4v) is 6.18. The number of carbonyl (C=O) groups is 3. The van der Waals surface area contributed by atoms with Gasteiger partial charge in [0, 0.05) is 17.2 Å². The number of benzene rings is 2. The van der Waals surface area contributed by atoms with Crippen molar-refractivity contribution in [2.45, 2.75) is 24.5 Å². The molecule has 192 valence electrons. The molecule has 0 saturated carbocycles. The van der Waals surface area contributed by atoms with E-state index in [2.05, 4.69) is 0 Å². The molecule has 3 aliphatic rings. The summed E-state index contributed by atoms with van der Waals surface area (Å²) in [6, 6.07) is 9.07. The molecule has 10 heteroatoms. The molecular formula is C27H27N3O7. The number of aromatic hydroxyl groups is 1. The van der Waals surface area contributed by atoms with Crippen LogP contribution < -0.4 is 11.5 Å². The fraction of sp³-hybridized carbons (Fsp3) is 0.296. The van der Waals surface area contributed by atoms with Gasteiger partial charge in [0.1, 0.15) is 22.8 Å². The van der Waals surface area contributed by atoms with Crippen LogP contribution in [0.3, 0.4) is 0 Å². The number of phenolic OH excluding ortho intramolecular Hbond substituents is 1. The van der Waals surface area contributed by atoms with Gasteiger partial charge in [0.2, 0.25) is 5.78 Å². The van der Waals surface area contributed by atoms with Crippen molar-refractivity contribution >= 4 is 23.2 Å². The Hall–Kier alpha value is -4.15. The lowest BCUT2D eigenvalue weighted by atomic mass is 9.58. The molecule has 0 aromatic heterocycles. The number of hydrogen-bond donors (Lipinski definition) is 6. The standard InChI is InChI=1S/C27H27N3O7/c1-30(2)21-16-10-12-9-15-14(11-3-5-13(28)6-4-11)7-8-17(31)19(15)22(32)18(12)24(34)27(16,37)25(35)20(23(21)33)26(29)36/h3-8,12,16,21,31,33-34,37H,9-10,28H2,1-2H3,(H2,29,36). The molecule has 0 fully saturated rings. The topological polar surface area (TPSA) is 187 Å². The number of phenols is 1. The minimum atomic E-state index is -2.66. The number of primary amides is 1. The third-order valence-electron chi connectivity index (χ3n) is 7.83. The second-order valence-corrected chi connectivity index (χ2v) is 10.1. The predicted octanol–water partition coefficient (Wildman–Crippen LogP) is 1.37. The van der Waals surface area contributed by atoms with Gasteiger partial charge in [-0.25, -0.2) is 0 Å². The molecule has 4 atom stereocenters. The summed E-state index contributed by atoms with van der Waals surface area (Å²) in [5.74, 6) is -6.74. The third-order valence-corrected chi connectivity index (χ3v) is 7.83. The number of carbonyl (C=O) groups excluding carboxylic acids is 3. The molecule has 0 heterocycles. The van der Waals surface area contributed by atoms with E-state index in [1.54, 1.807) is 44.4 Å². The maximum absolute atomic E-state index is 13.8. The molecule has 37 heavy (non-hydrogen) atoms. The first-order chi connectivity index (χ1) is 17.4. The summed E-state index contributed by atoms with van der Waals surface area (Å²) in [6.45, 7) is 0. The summed E-state index contributed by atoms with van der Waals surface area (Å²) in [5.41, 5.74) is 10.0. The second kappa shape index (κ2) is 8.19. The van der Waals surface area contributed by atoms with Gasteiger partial charge in [-0.15, -0.1) is 0 Å². The zero-order chi connectivity index (χ0) is 27.0. The van der Waals surface area contributed by atoms with Crippen LogP contribution in [0.15, 0.2) is 59.1 Å². The molecule has 0 radical (unpaired) electrons. The van der Waals surface area contributed by atoms with E-state index in [4.69, 9.17) is 11.5 Å². The van der Waals surface area contributed by atoms with E-state index in [0.717, 1.165) is 5.56 Å². The Kier molecular flexibility index (Phi) is 5.43. The molecule has 2 aromatic rings. The zero-order valence-electron chi connectivity index (χ0n) is 20.2. The summed E-state index contributed by atoms with van der Waals surface area (Å²) < 4.78 is 0. The van der Waals surface area contributed by atoms with Crippen molar-refractivity contribution < 1.29 is 34.8 Å². The molecule has 4 unspecified atom stereocenters. The van der Waals surface area contributed by atoms with Gasteiger partial charge >= 0.3 is 0 Å². The Bertz CT molecular complexity index is 1440. The lowest BCUT2D eigenvalue weighted by Gasteiger charge is -2.50. The first-order valence-corrected chi connectivity index (χ1v) is 11.7. The van der Waals surface area contributed by atoms with Crippen molar-refractivity contribution in [1.82, 2.24) is 4.90 Å². The monoisotopic (exact) mass is 505 g/mol. The lowest BCUT2D eigenvalue weighted by molar-refractivity contribution is -0.148. The Labute approximate surface area is 212 Å². The van der Waals surface area contributed by atoms with Crippen LogP contribution in [-0.4, -0.2) is 68.5 Å². The van der Waals surface area contributed by atoms with Crippen LogP contribution in [0.1, 0.15) is 22.3 Å². The van der Waals surface area contributed by atoms with Crippen molar-refractivity contribution in [1.29, 1.82) is 0 Å². The van der Waals surface area contributed by atoms with E-state index >= 15 is 0 Å². The average Bonchev–Trinajstić information content (AvgIpc) is 2.82. The summed E-state index contributed by atoms with van der Waals surface area (Å²) >= 11 is 0. The lowest BCUT2D eigenvalue weighted by Crippen LogP contribution is -2.63. The molecule has 0 bridgehead atoms. The van der Waals surface area contributed by atoms with Gasteiger partial charge in [-0.1, -0.05) is 18.2 Å². The number of hydrogen-bond acceptors (Lipinski definition) is 9. The van der Waals surface area contributed by atoms with Gasteiger partial charge in [-0.05, 0) is 67.7 Å². The van der Waals surface area contributed by atoms with Crippen LogP contribution >= 0.6 is 0 Å². The minimum Gasteiger partial charge on any atom is -0.510 e. The SMILES string of the molecule is CN(C)C1C(O)=C(C(N)=O)C(=O)C2(O)C(O)=C3C(=O)c4c(O)ccc(-c5ccc(N)cc5)c4CC3CC12. The van der Waals surface area contributed by atoms with Crippen LogP contribution in [0.25, 0.3) is 11.1 Å². The molecule has 0 spiro atoms. The average molecular weight is 506 g/mol. The van der Waals surface area contributed by atoms with Crippen molar-refractivity contribution in [3.05, 3.63) is 70.2 Å². The molecule has 8 N–H and O–H groups in total. The highest BCUT2D eigenvalue weighted by molar-refractivity contribution is 6.24. The number of nitrogen functional groups attached to an aromatic ring is 1. The van der Waals surface area contributed by atoms with Crippen molar-refractivity contribution in [2.75, 3.05) is 19.8 Å². The number of Topliss-reactive ketones (excluding diaryl/α,β-unsaturated/α-hetero) is 2. The van der Waals surface area contributed by atoms with Gasteiger partial charge in [0.05, 0.1) is 11.6 Å². The second-order valence-electron chi connectivity index (χ2n) is 10.1. The first-order valence-electron chi connectivity index (χ1n) is 11.7. The Morgan fingerprint density at radius 3 is 2.30 bits per heavy atom. The number of aliphatic hydroxyl groups is 3. The molecule has 2 aromatic carbocycles. The number of rotatable bonds is 3. The highest BCUT2D eigenvalue weighted by atomic mass is 16.3. The molecule has 1 amide bonds. The minimum absolute atomic E-state index is 0.0304. The molecule has 0 aliphatic heterocycles. The predicted molar refractivity (Wildman–Crippen MR) is 134 cm³/mol. The van der Waals surface area contributed by atoms with Crippen molar-refractivity contribution in [3.8, 4) is 16.9 Å². The van der Waals surface area contributed by atoms with Gasteiger partial charge in [-0.3, -0.25) is 19.3 Å². The van der Waals surface area contributed by atoms with E-state index in [1.807, 2.05) is 0 Å². The summed E-state index contributed by atoms with van der Waals surface area (Å²) in [4.78, 5) is 40.7. The fourth-order valence-electron chi connectivity index (χ4n) is 6.18. The maximum Gasteiger partial charge on any atom is 0.255 e. The highest BCUT2D eigenvalue weighted by Crippen LogP contribution is 2.53. The van der Waals surface area contributed by atoms with E-state index < -0.39 is 58.0 Å². The molecule has 0 saturated heterocycles. The van der Waals surface area contributed by atoms with Crippen LogP contribution in [0, 0.1) is 11.8 Å². The van der Waals surface area contributed by atoms with Crippen LogP contribution in [-0.2, 0) is 16.0 Å². The van der Waals surface area contributed by atoms with E-state index in [-0.39, 0.29) is 29.7 Å². The van der Waals surface area contributed by atoms with Crippen LogP contribution in [0.4, 0.5) is 5.69 Å². The summed E-state index contributed by atoms with van der Waals surface area (Å²) in [6.07, 6.45) is 0.241. The number of amides is 1. The van der Waals surface area contributed by atoms with Gasteiger partial charge < -0.3 is 31.9 Å². The number of aliphatic hydroxyl groups excluding tert-OH is 2. The van der Waals surface area contributed by atoms with Crippen molar-refractivity contribution in [2.24, 2.45) is 17.6 Å². The van der Waals surface area contributed by atoms with Crippen LogP contribution in [0.5, 0.6) is 5.75 Å². The quantitative estimate of drug-likeness (QED) is 0.264. The Balaban J connectivity index is 1.72.